The lowest BCUT2D eigenvalue weighted by Gasteiger charge is -2.35. The molecule has 0 aliphatic carbocycles. The molecule has 18 heavy (non-hydrogen) atoms. The van der Waals surface area contributed by atoms with Crippen molar-refractivity contribution in [2.45, 2.75) is 20.3 Å². The zero-order valence-electron chi connectivity index (χ0n) is 11.3. The fourth-order valence-corrected chi connectivity index (χ4v) is 2.30. The van der Waals surface area contributed by atoms with Gasteiger partial charge in [0.1, 0.15) is 5.82 Å². The quantitative estimate of drug-likeness (QED) is 0.848. The predicted molar refractivity (Wildman–Crippen MR) is 71.9 cm³/mol. The van der Waals surface area contributed by atoms with Crippen LogP contribution in [0.15, 0.2) is 6.20 Å². The fraction of sp³-hybridized carbons (Fsp3) is 0.692. The summed E-state index contributed by atoms with van der Waals surface area (Å²) in [4.78, 5) is 13.7. The molecule has 0 bridgehead atoms. The van der Waals surface area contributed by atoms with Crippen LogP contribution in [0.3, 0.4) is 0 Å². The minimum atomic E-state index is 0.280. The van der Waals surface area contributed by atoms with Crippen LogP contribution in [0.5, 0.6) is 0 Å². The smallest absolute Gasteiger partial charge is 0.150 e. The molecule has 2 heterocycles. The van der Waals surface area contributed by atoms with Crippen LogP contribution in [-0.2, 0) is 0 Å². The Morgan fingerprint density at radius 2 is 1.94 bits per heavy atom. The highest BCUT2D eigenvalue weighted by Crippen LogP contribution is 2.17. The third-order valence-corrected chi connectivity index (χ3v) is 3.36. The van der Waals surface area contributed by atoms with Gasteiger partial charge in [0.2, 0.25) is 0 Å². The van der Waals surface area contributed by atoms with Crippen LogP contribution in [-0.4, -0.2) is 59.3 Å². The minimum Gasteiger partial charge on any atom is -0.396 e. The summed E-state index contributed by atoms with van der Waals surface area (Å²) in [6, 6.07) is 0. The summed E-state index contributed by atoms with van der Waals surface area (Å²) >= 11 is 0. The Kier molecular flexibility index (Phi) is 4.49. The van der Waals surface area contributed by atoms with Gasteiger partial charge in [-0.2, -0.15) is 0 Å². The summed E-state index contributed by atoms with van der Waals surface area (Å²) in [6.45, 7) is 9.32. The second-order valence-electron chi connectivity index (χ2n) is 4.83. The number of aliphatic hydroxyl groups is 1. The summed E-state index contributed by atoms with van der Waals surface area (Å²) < 4.78 is 0. The molecule has 1 aromatic rings. The van der Waals surface area contributed by atoms with Gasteiger partial charge in [-0.1, -0.05) is 0 Å². The molecule has 0 atom stereocenters. The van der Waals surface area contributed by atoms with Crippen molar-refractivity contribution in [3.8, 4) is 0 Å². The molecule has 1 N–H and O–H groups in total. The van der Waals surface area contributed by atoms with Crippen LogP contribution in [0.25, 0.3) is 0 Å². The molecule has 1 aromatic heterocycles. The van der Waals surface area contributed by atoms with Crippen LogP contribution >= 0.6 is 0 Å². The lowest BCUT2D eigenvalue weighted by atomic mass is 10.2. The molecule has 1 fully saturated rings. The van der Waals surface area contributed by atoms with Crippen molar-refractivity contribution in [1.29, 1.82) is 0 Å². The number of rotatable bonds is 4. The Hall–Kier alpha value is -1.20. The molecule has 2 rings (SSSR count). The van der Waals surface area contributed by atoms with E-state index in [1.165, 1.54) is 0 Å². The number of aromatic nitrogens is 2. The van der Waals surface area contributed by atoms with E-state index < -0.39 is 0 Å². The maximum Gasteiger partial charge on any atom is 0.150 e. The monoisotopic (exact) mass is 250 g/mol. The molecule has 1 aliphatic rings. The third kappa shape index (κ3) is 3.17. The Morgan fingerprint density at radius 1 is 1.22 bits per heavy atom. The van der Waals surface area contributed by atoms with E-state index in [1.807, 2.05) is 20.0 Å². The second-order valence-corrected chi connectivity index (χ2v) is 4.83. The Balaban J connectivity index is 1.94. The number of hydrogen-bond donors (Lipinski definition) is 1. The van der Waals surface area contributed by atoms with Gasteiger partial charge in [0, 0.05) is 45.5 Å². The molecule has 5 nitrogen and oxygen atoms in total. The van der Waals surface area contributed by atoms with Crippen LogP contribution in [0.2, 0.25) is 0 Å². The van der Waals surface area contributed by atoms with E-state index in [2.05, 4.69) is 19.8 Å². The zero-order chi connectivity index (χ0) is 13.0. The van der Waals surface area contributed by atoms with E-state index in [0.29, 0.717) is 0 Å². The number of nitrogens with zero attached hydrogens (tertiary/aromatic N) is 4. The van der Waals surface area contributed by atoms with Crippen molar-refractivity contribution >= 4 is 5.82 Å². The average Bonchev–Trinajstić information content (AvgIpc) is 2.40. The van der Waals surface area contributed by atoms with Crippen molar-refractivity contribution in [2.75, 3.05) is 44.2 Å². The number of piperazine rings is 1. The van der Waals surface area contributed by atoms with Crippen molar-refractivity contribution < 1.29 is 5.11 Å². The number of anilines is 1. The van der Waals surface area contributed by atoms with E-state index in [1.54, 1.807) is 0 Å². The van der Waals surface area contributed by atoms with Gasteiger partial charge in [0.15, 0.2) is 0 Å². The van der Waals surface area contributed by atoms with E-state index in [4.69, 9.17) is 5.11 Å². The maximum absolute atomic E-state index is 8.84. The van der Waals surface area contributed by atoms with Gasteiger partial charge < -0.3 is 10.0 Å². The maximum atomic E-state index is 8.84. The molecule has 100 valence electrons. The molecule has 0 radical (unpaired) electrons. The fourth-order valence-electron chi connectivity index (χ4n) is 2.30. The number of aryl methyl sites for hydroxylation is 2. The summed E-state index contributed by atoms with van der Waals surface area (Å²) in [5, 5.41) is 8.84. The van der Waals surface area contributed by atoms with Gasteiger partial charge in [-0.25, -0.2) is 4.98 Å². The SMILES string of the molecule is Cc1cnc(C)c(N2CCN(CCCO)CC2)n1. The van der Waals surface area contributed by atoms with Crippen molar-refractivity contribution in [3.05, 3.63) is 17.6 Å². The van der Waals surface area contributed by atoms with E-state index in [0.717, 1.165) is 56.4 Å². The van der Waals surface area contributed by atoms with Gasteiger partial charge in [-0.15, -0.1) is 0 Å². The van der Waals surface area contributed by atoms with Crippen LogP contribution < -0.4 is 4.90 Å². The highest BCUT2D eigenvalue weighted by molar-refractivity contribution is 5.43. The van der Waals surface area contributed by atoms with Crippen molar-refractivity contribution in [3.63, 3.8) is 0 Å². The highest BCUT2D eigenvalue weighted by atomic mass is 16.3. The largest absolute Gasteiger partial charge is 0.396 e. The molecule has 1 saturated heterocycles. The van der Waals surface area contributed by atoms with Crippen LogP contribution in [0.4, 0.5) is 5.82 Å². The van der Waals surface area contributed by atoms with Gasteiger partial charge in [-0.3, -0.25) is 9.88 Å². The molecular formula is C13H22N4O. The molecule has 0 amide bonds. The Bertz CT molecular complexity index is 389. The lowest BCUT2D eigenvalue weighted by Crippen LogP contribution is -2.47. The summed E-state index contributed by atoms with van der Waals surface area (Å²) in [5.74, 6) is 1.02. The molecule has 0 unspecified atom stereocenters. The van der Waals surface area contributed by atoms with Crippen LogP contribution in [0.1, 0.15) is 17.8 Å². The first-order valence-corrected chi connectivity index (χ1v) is 6.59. The first kappa shape index (κ1) is 13.2. The normalized spacial score (nSPS) is 17.2. The molecule has 0 spiro atoms. The summed E-state index contributed by atoms with van der Waals surface area (Å²) in [5.41, 5.74) is 1.97. The summed E-state index contributed by atoms with van der Waals surface area (Å²) in [6.07, 6.45) is 2.68. The topological polar surface area (TPSA) is 52.5 Å². The predicted octanol–water partition coefficient (Wildman–Crippen LogP) is 0.598. The average molecular weight is 250 g/mol. The van der Waals surface area contributed by atoms with E-state index in [-0.39, 0.29) is 6.61 Å². The first-order chi connectivity index (χ1) is 8.70. The van der Waals surface area contributed by atoms with E-state index in [9.17, 15) is 0 Å². The van der Waals surface area contributed by atoms with Gasteiger partial charge >= 0.3 is 0 Å². The van der Waals surface area contributed by atoms with Gasteiger partial charge in [0.25, 0.3) is 0 Å². The Morgan fingerprint density at radius 3 is 2.61 bits per heavy atom. The van der Waals surface area contributed by atoms with E-state index >= 15 is 0 Å². The molecule has 5 heteroatoms. The number of hydrogen-bond acceptors (Lipinski definition) is 5. The Labute approximate surface area is 108 Å². The van der Waals surface area contributed by atoms with Gasteiger partial charge in [0.05, 0.1) is 11.4 Å². The zero-order valence-corrected chi connectivity index (χ0v) is 11.3. The molecule has 0 aromatic carbocycles. The van der Waals surface area contributed by atoms with Gasteiger partial charge in [-0.05, 0) is 20.3 Å². The molecule has 0 saturated carbocycles. The third-order valence-electron chi connectivity index (χ3n) is 3.36. The molecule has 1 aliphatic heterocycles. The lowest BCUT2D eigenvalue weighted by molar-refractivity contribution is 0.215. The summed E-state index contributed by atoms with van der Waals surface area (Å²) in [7, 11) is 0. The molecular weight excluding hydrogens is 228 g/mol. The highest BCUT2D eigenvalue weighted by Gasteiger charge is 2.19. The van der Waals surface area contributed by atoms with Crippen molar-refractivity contribution in [2.24, 2.45) is 0 Å². The van der Waals surface area contributed by atoms with Crippen LogP contribution in [0, 0.1) is 13.8 Å². The first-order valence-electron chi connectivity index (χ1n) is 6.59. The minimum absolute atomic E-state index is 0.280. The second kappa shape index (κ2) is 6.11. The standard InChI is InChI=1S/C13H22N4O/c1-11-10-14-12(2)13(15-11)17-7-5-16(6-8-17)4-3-9-18/h10,18H,3-9H2,1-2H3. The van der Waals surface area contributed by atoms with Crippen molar-refractivity contribution in [1.82, 2.24) is 14.9 Å². The number of aliphatic hydroxyl groups excluding tert-OH is 1.